The number of para-hydroxylation sites is 1. The van der Waals surface area contributed by atoms with Crippen molar-refractivity contribution in [3.05, 3.63) is 59.4 Å². The van der Waals surface area contributed by atoms with E-state index in [4.69, 9.17) is 11.5 Å². The second kappa shape index (κ2) is 7.05. The Morgan fingerprint density at radius 1 is 1.15 bits per heavy atom. The summed E-state index contributed by atoms with van der Waals surface area (Å²) < 4.78 is 15.2. The van der Waals surface area contributed by atoms with Crippen LogP contribution in [0.25, 0.3) is 11.0 Å². The van der Waals surface area contributed by atoms with Crippen molar-refractivity contribution in [3.8, 4) is 0 Å². The molecule has 136 valence electrons. The van der Waals surface area contributed by atoms with Gasteiger partial charge in [-0.3, -0.25) is 0 Å². The van der Waals surface area contributed by atoms with Gasteiger partial charge in [-0.05, 0) is 42.3 Å². The number of anilines is 1. The number of hydrogen-bond donors (Lipinski definition) is 2. The fourth-order valence-corrected chi connectivity index (χ4v) is 3.93. The highest BCUT2D eigenvalue weighted by atomic mass is 19.1. The lowest BCUT2D eigenvalue weighted by molar-refractivity contribution is 0.344. The highest BCUT2D eigenvalue weighted by molar-refractivity contribution is 5.82. The zero-order valence-corrected chi connectivity index (χ0v) is 14.7. The van der Waals surface area contributed by atoms with Crippen LogP contribution in [-0.2, 0) is 6.54 Å². The summed E-state index contributed by atoms with van der Waals surface area (Å²) in [6.45, 7) is 4.30. The molecule has 0 amide bonds. The molecule has 1 fully saturated rings. The number of imidazole rings is 1. The number of nitrogen functional groups attached to an aromatic ring is 1. The normalized spacial score (nSPS) is 18.0. The van der Waals surface area contributed by atoms with Crippen molar-refractivity contribution in [2.75, 3.05) is 31.9 Å². The van der Waals surface area contributed by atoms with E-state index in [2.05, 4.69) is 28.1 Å². The van der Waals surface area contributed by atoms with Crippen molar-refractivity contribution >= 4 is 17.0 Å². The van der Waals surface area contributed by atoms with Gasteiger partial charge in [-0.15, -0.1) is 0 Å². The molecule has 6 heteroatoms. The number of nitrogens with two attached hydrogens (primary N) is 2. The van der Waals surface area contributed by atoms with Crippen molar-refractivity contribution in [2.24, 2.45) is 5.73 Å². The highest BCUT2D eigenvalue weighted by Gasteiger charge is 2.26. The van der Waals surface area contributed by atoms with Gasteiger partial charge in [0.2, 0.25) is 5.95 Å². The molecule has 2 aromatic carbocycles. The third-order valence-corrected chi connectivity index (χ3v) is 5.25. The molecule has 1 saturated heterocycles. The molecule has 1 aromatic heterocycles. The molecule has 5 nitrogen and oxygen atoms in total. The maximum atomic E-state index is 13.2. The van der Waals surface area contributed by atoms with Crippen LogP contribution in [0, 0.1) is 5.82 Å². The number of aromatic nitrogens is 2. The number of hydrogen-bond acceptors (Lipinski definition) is 4. The Balaban J connectivity index is 1.67. The zero-order valence-electron chi connectivity index (χ0n) is 14.7. The summed E-state index contributed by atoms with van der Waals surface area (Å²) in [5.41, 5.74) is 16.2. The smallest absolute Gasteiger partial charge is 0.201 e. The lowest BCUT2D eigenvalue weighted by Gasteiger charge is -2.15. The van der Waals surface area contributed by atoms with E-state index >= 15 is 0 Å². The number of fused-ring (bicyclic) bond motifs is 1. The summed E-state index contributed by atoms with van der Waals surface area (Å²) in [7, 11) is 0. The van der Waals surface area contributed by atoms with Crippen molar-refractivity contribution in [3.63, 3.8) is 0 Å². The minimum Gasteiger partial charge on any atom is -0.369 e. The predicted octanol–water partition coefficient (Wildman–Crippen LogP) is 2.55. The number of nitrogens with zero attached hydrogens (tertiary/aromatic N) is 3. The monoisotopic (exact) mass is 353 g/mol. The summed E-state index contributed by atoms with van der Waals surface area (Å²) in [4.78, 5) is 7.07. The Bertz CT molecular complexity index is 902. The van der Waals surface area contributed by atoms with Crippen LogP contribution in [0.4, 0.5) is 10.3 Å². The fraction of sp³-hybridized carbons (Fsp3) is 0.350. The van der Waals surface area contributed by atoms with Gasteiger partial charge in [-0.1, -0.05) is 24.3 Å². The molecule has 0 aliphatic carbocycles. The lowest BCUT2D eigenvalue weighted by atomic mass is 9.97. The molecule has 1 aliphatic rings. The molecule has 0 radical (unpaired) electrons. The number of likely N-dealkylation sites (tertiary alicyclic amines) is 1. The zero-order chi connectivity index (χ0) is 18.1. The van der Waals surface area contributed by atoms with Crippen LogP contribution in [0.5, 0.6) is 0 Å². The van der Waals surface area contributed by atoms with Gasteiger partial charge in [-0.2, -0.15) is 0 Å². The van der Waals surface area contributed by atoms with Gasteiger partial charge >= 0.3 is 0 Å². The number of halogens is 1. The van der Waals surface area contributed by atoms with E-state index in [-0.39, 0.29) is 5.82 Å². The number of benzene rings is 2. The molecule has 26 heavy (non-hydrogen) atoms. The third kappa shape index (κ3) is 3.18. The maximum absolute atomic E-state index is 13.2. The van der Waals surface area contributed by atoms with Gasteiger partial charge in [0.05, 0.1) is 17.6 Å². The van der Waals surface area contributed by atoms with Crippen LogP contribution < -0.4 is 11.5 Å². The SMILES string of the molecule is NCCN1CCC(c2cccc3c2nc(N)n3Cc2ccc(F)cc2)C1. The molecule has 0 bridgehead atoms. The van der Waals surface area contributed by atoms with Gasteiger partial charge < -0.3 is 20.9 Å². The first-order chi connectivity index (χ1) is 12.7. The minimum absolute atomic E-state index is 0.234. The molecule has 1 atom stereocenters. The van der Waals surface area contributed by atoms with E-state index in [1.54, 1.807) is 12.1 Å². The quantitative estimate of drug-likeness (QED) is 0.739. The van der Waals surface area contributed by atoms with Crippen LogP contribution in [-0.4, -0.2) is 40.6 Å². The van der Waals surface area contributed by atoms with E-state index < -0.39 is 0 Å². The first-order valence-electron chi connectivity index (χ1n) is 9.07. The van der Waals surface area contributed by atoms with Gasteiger partial charge in [-0.25, -0.2) is 9.37 Å². The molecular formula is C20H24FN5. The van der Waals surface area contributed by atoms with Crippen LogP contribution in [0.3, 0.4) is 0 Å². The lowest BCUT2D eigenvalue weighted by Crippen LogP contribution is -2.27. The van der Waals surface area contributed by atoms with Crippen LogP contribution >= 0.6 is 0 Å². The summed E-state index contributed by atoms with van der Waals surface area (Å²) in [5.74, 6) is 0.718. The van der Waals surface area contributed by atoms with Crippen molar-refractivity contribution in [2.45, 2.75) is 18.9 Å². The van der Waals surface area contributed by atoms with Gasteiger partial charge in [0, 0.05) is 25.6 Å². The molecule has 4 rings (SSSR count). The van der Waals surface area contributed by atoms with Crippen LogP contribution in [0.2, 0.25) is 0 Å². The Hall–Kier alpha value is -2.44. The van der Waals surface area contributed by atoms with E-state index in [0.717, 1.165) is 42.7 Å². The molecule has 1 aliphatic heterocycles. The topological polar surface area (TPSA) is 73.1 Å². The predicted molar refractivity (Wildman–Crippen MR) is 102 cm³/mol. The average molecular weight is 353 g/mol. The summed E-state index contributed by atoms with van der Waals surface area (Å²) in [5, 5.41) is 0. The third-order valence-electron chi connectivity index (χ3n) is 5.25. The Morgan fingerprint density at radius 3 is 2.73 bits per heavy atom. The molecular weight excluding hydrogens is 329 g/mol. The van der Waals surface area contributed by atoms with Gasteiger partial charge in [0.25, 0.3) is 0 Å². The second-order valence-corrected chi connectivity index (χ2v) is 6.97. The van der Waals surface area contributed by atoms with E-state index in [1.165, 1.54) is 17.7 Å². The Kier molecular flexibility index (Phi) is 4.61. The summed E-state index contributed by atoms with van der Waals surface area (Å²) >= 11 is 0. The van der Waals surface area contributed by atoms with E-state index in [9.17, 15) is 4.39 Å². The van der Waals surface area contributed by atoms with Gasteiger partial charge in [0.1, 0.15) is 5.82 Å². The largest absolute Gasteiger partial charge is 0.369 e. The number of rotatable bonds is 5. The highest BCUT2D eigenvalue weighted by Crippen LogP contribution is 2.33. The van der Waals surface area contributed by atoms with Crippen molar-refractivity contribution < 1.29 is 4.39 Å². The fourth-order valence-electron chi connectivity index (χ4n) is 3.93. The molecule has 3 aromatic rings. The average Bonchev–Trinajstić information content (AvgIpc) is 3.22. The summed E-state index contributed by atoms with van der Waals surface area (Å²) in [6.07, 6.45) is 1.11. The van der Waals surface area contributed by atoms with Crippen LogP contribution in [0.15, 0.2) is 42.5 Å². The molecule has 0 spiro atoms. The minimum atomic E-state index is -0.234. The second-order valence-electron chi connectivity index (χ2n) is 6.97. The Labute approximate surface area is 152 Å². The molecule has 1 unspecified atom stereocenters. The first kappa shape index (κ1) is 17.0. The Morgan fingerprint density at radius 2 is 1.96 bits per heavy atom. The molecule has 2 heterocycles. The van der Waals surface area contributed by atoms with Crippen molar-refractivity contribution in [1.29, 1.82) is 0 Å². The van der Waals surface area contributed by atoms with Crippen molar-refractivity contribution in [1.82, 2.24) is 14.5 Å². The standard InChI is InChI=1S/C20H24FN5/c21-16-6-4-14(5-7-16)12-26-18-3-1-2-17(19(18)24-20(26)23)15-8-10-25(13-15)11-9-22/h1-7,15H,8-13,22H2,(H2,23,24). The first-order valence-corrected chi connectivity index (χ1v) is 9.07. The van der Waals surface area contributed by atoms with Gasteiger partial charge in [0.15, 0.2) is 0 Å². The molecule has 4 N–H and O–H groups in total. The maximum Gasteiger partial charge on any atom is 0.201 e. The van der Waals surface area contributed by atoms with E-state index in [0.29, 0.717) is 25.0 Å². The van der Waals surface area contributed by atoms with E-state index in [1.807, 2.05) is 4.57 Å². The van der Waals surface area contributed by atoms with Crippen LogP contribution in [0.1, 0.15) is 23.5 Å². The molecule has 0 saturated carbocycles. The summed E-state index contributed by atoms with van der Waals surface area (Å²) in [6, 6.07) is 12.8.